The number of piperidine rings is 1. The average Bonchev–Trinajstić information content (AvgIpc) is 2.67. The molecule has 0 atom stereocenters. The maximum Gasteiger partial charge on any atom is 0.270 e. The number of amides is 1. The molecule has 0 unspecified atom stereocenters. The first-order chi connectivity index (χ1) is 12.5. The Labute approximate surface area is 159 Å². The summed E-state index contributed by atoms with van der Waals surface area (Å²) < 4.78 is 0. The average molecular weight is 373 g/mol. The Hall–Kier alpha value is -2.14. The van der Waals surface area contributed by atoms with Gasteiger partial charge >= 0.3 is 0 Å². The number of carbonyl (C=O) groups excluding carboxylic acids is 1. The third kappa shape index (κ3) is 4.52. The highest BCUT2D eigenvalue weighted by Crippen LogP contribution is 2.21. The van der Waals surface area contributed by atoms with Gasteiger partial charge in [0.05, 0.1) is 0 Å². The van der Waals surface area contributed by atoms with Crippen LogP contribution in [0.1, 0.15) is 60.8 Å². The van der Waals surface area contributed by atoms with Crippen LogP contribution in [0, 0.1) is 0 Å². The summed E-state index contributed by atoms with van der Waals surface area (Å²) in [5.41, 5.74) is 2.19. The van der Waals surface area contributed by atoms with Gasteiger partial charge in [-0.15, -0.1) is 0 Å². The van der Waals surface area contributed by atoms with Crippen LogP contribution in [0.3, 0.4) is 0 Å². The highest BCUT2D eigenvalue weighted by atomic mass is 35.5. The van der Waals surface area contributed by atoms with Crippen molar-refractivity contribution in [2.45, 2.75) is 45.6 Å². The fourth-order valence-corrected chi connectivity index (χ4v) is 3.21. The molecule has 1 amide bonds. The van der Waals surface area contributed by atoms with E-state index in [9.17, 15) is 4.79 Å². The van der Waals surface area contributed by atoms with E-state index in [1.165, 1.54) is 6.42 Å². The minimum Gasteiger partial charge on any atom is -0.347 e. The topological polar surface area (TPSA) is 58.1 Å². The third-order valence-electron chi connectivity index (χ3n) is 4.59. The van der Waals surface area contributed by atoms with Crippen molar-refractivity contribution in [1.29, 1.82) is 0 Å². The summed E-state index contributed by atoms with van der Waals surface area (Å²) in [5, 5.41) is 3.57. The van der Waals surface area contributed by atoms with Crippen molar-refractivity contribution in [3.8, 4) is 0 Å². The molecule has 1 aromatic carbocycles. The highest BCUT2D eigenvalue weighted by molar-refractivity contribution is 6.31. The predicted molar refractivity (Wildman–Crippen MR) is 105 cm³/mol. The van der Waals surface area contributed by atoms with E-state index in [1.54, 1.807) is 6.07 Å². The first-order valence-electron chi connectivity index (χ1n) is 9.20. The smallest absolute Gasteiger partial charge is 0.270 e. The minimum atomic E-state index is -0.201. The highest BCUT2D eigenvalue weighted by Gasteiger charge is 2.19. The molecule has 6 heteroatoms. The Kier molecular flexibility index (Phi) is 6.09. The molecule has 2 heterocycles. The zero-order valence-electron chi connectivity index (χ0n) is 15.3. The Bertz CT molecular complexity index is 772. The first-order valence-corrected chi connectivity index (χ1v) is 9.58. The van der Waals surface area contributed by atoms with Gasteiger partial charge in [0.2, 0.25) is 5.95 Å². The molecule has 138 valence electrons. The number of aromatic nitrogens is 2. The molecule has 1 aromatic heterocycles. The minimum absolute atomic E-state index is 0.201. The summed E-state index contributed by atoms with van der Waals surface area (Å²) in [6, 6.07) is 9.29. The van der Waals surface area contributed by atoms with Crippen LogP contribution in [0.4, 0.5) is 5.95 Å². The maximum atomic E-state index is 12.7. The van der Waals surface area contributed by atoms with Crippen molar-refractivity contribution in [2.24, 2.45) is 0 Å². The van der Waals surface area contributed by atoms with Crippen LogP contribution in [0.5, 0.6) is 0 Å². The van der Waals surface area contributed by atoms with Crippen molar-refractivity contribution >= 4 is 23.5 Å². The molecule has 1 aliphatic rings. The van der Waals surface area contributed by atoms with Crippen molar-refractivity contribution < 1.29 is 4.79 Å². The number of halogens is 1. The van der Waals surface area contributed by atoms with Crippen LogP contribution in [0.25, 0.3) is 0 Å². The van der Waals surface area contributed by atoms with Crippen molar-refractivity contribution in [3.05, 3.63) is 52.3 Å². The van der Waals surface area contributed by atoms with Gasteiger partial charge < -0.3 is 10.2 Å². The van der Waals surface area contributed by atoms with Crippen LogP contribution < -0.4 is 10.2 Å². The molecular formula is C20H25ClN4O. The van der Waals surface area contributed by atoms with Crippen LogP contribution >= 0.6 is 11.6 Å². The second kappa shape index (κ2) is 8.49. The summed E-state index contributed by atoms with van der Waals surface area (Å²) in [6.07, 6.45) is 3.53. The van der Waals surface area contributed by atoms with Gasteiger partial charge in [0.25, 0.3) is 5.91 Å². The monoisotopic (exact) mass is 372 g/mol. The largest absolute Gasteiger partial charge is 0.347 e. The molecule has 26 heavy (non-hydrogen) atoms. The fourth-order valence-electron chi connectivity index (χ4n) is 3.01. The molecule has 0 aliphatic carbocycles. The molecule has 0 bridgehead atoms. The lowest BCUT2D eigenvalue weighted by atomic mass is 10.1. The van der Waals surface area contributed by atoms with Crippen molar-refractivity contribution in [1.82, 2.24) is 15.3 Å². The second-order valence-corrected chi connectivity index (χ2v) is 7.36. The van der Waals surface area contributed by atoms with Gasteiger partial charge in [-0.05, 0) is 42.9 Å². The molecule has 1 saturated heterocycles. The Morgan fingerprint density at radius 3 is 2.62 bits per heavy atom. The molecule has 1 aliphatic heterocycles. The number of carbonyl (C=O) groups is 1. The quantitative estimate of drug-likeness (QED) is 0.855. The van der Waals surface area contributed by atoms with Crippen LogP contribution in [-0.4, -0.2) is 29.0 Å². The van der Waals surface area contributed by atoms with E-state index in [1.807, 2.05) is 24.3 Å². The van der Waals surface area contributed by atoms with Crippen LogP contribution in [-0.2, 0) is 6.54 Å². The van der Waals surface area contributed by atoms with Crippen LogP contribution in [0.15, 0.2) is 30.3 Å². The number of hydrogen-bond acceptors (Lipinski definition) is 4. The summed E-state index contributed by atoms with van der Waals surface area (Å²) >= 11 is 6.16. The number of rotatable bonds is 5. The Morgan fingerprint density at radius 1 is 1.19 bits per heavy atom. The van der Waals surface area contributed by atoms with E-state index in [0.717, 1.165) is 37.2 Å². The lowest BCUT2D eigenvalue weighted by molar-refractivity contribution is 0.0945. The standard InChI is InChI=1S/C20H25ClN4O/c1-14(2)17-12-18(24-20(23-17)25-10-6-3-7-11-25)19(26)22-13-15-8-4-5-9-16(15)21/h4-5,8-9,12,14H,3,6-7,10-11,13H2,1-2H3,(H,22,26). The van der Waals surface area contributed by atoms with E-state index in [4.69, 9.17) is 11.6 Å². The molecule has 5 nitrogen and oxygen atoms in total. The number of benzene rings is 1. The summed E-state index contributed by atoms with van der Waals surface area (Å²) in [4.78, 5) is 24.1. The molecule has 0 saturated carbocycles. The SMILES string of the molecule is CC(C)c1cc(C(=O)NCc2ccccc2Cl)nc(N2CCCCC2)n1. The van der Waals surface area contributed by atoms with Gasteiger partial charge in [-0.2, -0.15) is 0 Å². The zero-order valence-corrected chi connectivity index (χ0v) is 16.1. The van der Waals surface area contributed by atoms with E-state index < -0.39 is 0 Å². The van der Waals surface area contributed by atoms with E-state index in [2.05, 4.69) is 34.0 Å². The molecule has 0 spiro atoms. The molecular weight excluding hydrogens is 348 g/mol. The Balaban J connectivity index is 1.79. The summed E-state index contributed by atoms with van der Waals surface area (Å²) in [7, 11) is 0. The summed E-state index contributed by atoms with van der Waals surface area (Å²) in [5.74, 6) is 0.697. The van der Waals surface area contributed by atoms with E-state index >= 15 is 0 Å². The predicted octanol–water partition coefficient (Wildman–Crippen LogP) is 4.17. The van der Waals surface area contributed by atoms with Gasteiger partial charge in [-0.3, -0.25) is 4.79 Å². The van der Waals surface area contributed by atoms with Crippen LogP contribution in [0.2, 0.25) is 5.02 Å². The lowest BCUT2D eigenvalue weighted by Crippen LogP contribution is -2.32. The Morgan fingerprint density at radius 2 is 1.92 bits per heavy atom. The number of anilines is 1. The molecule has 3 rings (SSSR count). The number of hydrogen-bond donors (Lipinski definition) is 1. The zero-order chi connectivity index (χ0) is 18.5. The van der Waals surface area contributed by atoms with Gasteiger partial charge in [-0.1, -0.05) is 43.6 Å². The molecule has 0 radical (unpaired) electrons. The maximum absolute atomic E-state index is 12.7. The van der Waals surface area contributed by atoms with Crippen molar-refractivity contribution in [3.63, 3.8) is 0 Å². The number of nitrogens with one attached hydrogen (secondary N) is 1. The van der Waals surface area contributed by atoms with Gasteiger partial charge in [0.15, 0.2) is 0 Å². The first kappa shape index (κ1) is 18.6. The third-order valence-corrected chi connectivity index (χ3v) is 4.96. The number of nitrogens with zero attached hydrogens (tertiary/aromatic N) is 3. The molecule has 2 aromatic rings. The normalized spacial score (nSPS) is 14.5. The van der Waals surface area contributed by atoms with E-state index in [-0.39, 0.29) is 11.8 Å². The van der Waals surface area contributed by atoms with E-state index in [0.29, 0.717) is 23.2 Å². The van der Waals surface area contributed by atoms with Crippen molar-refractivity contribution in [2.75, 3.05) is 18.0 Å². The fraction of sp³-hybridized carbons (Fsp3) is 0.450. The molecule has 1 N–H and O–H groups in total. The molecule has 1 fully saturated rings. The second-order valence-electron chi connectivity index (χ2n) is 6.95. The van der Waals surface area contributed by atoms with Gasteiger partial charge in [0, 0.05) is 30.4 Å². The lowest BCUT2D eigenvalue weighted by Gasteiger charge is -2.27. The summed E-state index contributed by atoms with van der Waals surface area (Å²) in [6.45, 7) is 6.42. The van der Waals surface area contributed by atoms with Gasteiger partial charge in [-0.25, -0.2) is 9.97 Å². The van der Waals surface area contributed by atoms with Gasteiger partial charge in [0.1, 0.15) is 5.69 Å².